The van der Waals surface area contributed by atoms with E-state index in [-0.39, 0.29) is 18.3 Å². The molecule has 3 aromatic rings. The van der Waals surface area contributed by atoms with E-state index < -0.39 is 5.97 Å². The molecule has 8 heteroatoms. The molecule has 0 aliphatic heterocycles. The monoisotopic (exact) mass is 355 g/mol. The molecule has 0 fully saturated rings. The fourth-order valence-electron chi connectivity index (χ4n) is 1.99. The van der Waals surface area contributed by atoms with E-state index in [4.69, 9.17) is 4.74 Å². The van der Waals surface area contributed by atoms with E-state index in [1.165, 1.54) is 41.9 Å². The van der Waals surface area contributed by atoms with Crippen LogP contribution in [-0.2, 0) is 11.3 Å². The molecule has 0 bridgehead atoms. The van der Waals surface area contributed by atoms with Gasteiger partial charge in [-0.3, -0.25) is 4.79 Å². The minimum Gasteiger partial charge on any atom is -0.711 e. The number of nitrogens with zero attached hydrogens (tertiary/aromatic N) is 2. The smallest absolute Gasteiger partial charge is 0.339 e. The van der Waals surface area contributed by atoms with Gasteiger partial charge in [0.05, 0.1) is 16.6 Å². The van der Waals surface area contributed by atoms with Crippen LogP contribution < -0.4 is 10.0 Å². The minimum absolute atomic E-state index is 0.0932. The lowest BCUT2D eigenvalue weighted by Gasteiger charge is -2.07. The number of hydrogen-bond donors (Lipinski definition) is 1. The molecular weight excluding hydrogens is 342 g/mol. The van der Waals surface area contributed by atoms with E-state index in [1.807, 2.05) is 5.38 Å². The molecular formula is C17H13N3O4S. The zero-order valence-corrected chi connectivity index (χ0v) is 13.7. The number of benzene rings is 1. The number of hydrogen-bond acceptors (Lipinski definition) is 6. The van der Waals surface area contributed by atoms with Crippen molar-refractivity contribution in [2.24, 2.45) is 0 Å². The summed E-state index contributed by atoms with van der Waals surface area (Å²) in [6.45, 7) is -0.222. The molecule has 3 rings (SSSR count). The van der Waals surface area contributed by atoms with Gasteiger partial charge in [0.2, 0.25) is 0 Å². The van der Waals surface area contributed by atoms with Crippen LogP contribution in [0, 0.1) is 5.21 Å². The Bertz CT molecular complexity index is 879. The van der Waals surface area contributed by atoms with Gasteiger partial charge in [0.15, 0.2) is 6.61 Å². The summed E-state index contributed by atoms with van der Waals surface area (Å²) < 4.78 is 5.61. The number of esters is 1. The predicted octanol–water partition coefficient (Wildman–Crippen LogP) is 2.39. The third-order valence-electron chi connectivity index (χ3n) is 3.24. The molecule has 7 nitrogen and oxygen atoms in total. The second kappa shape index (κ2) is 7.54. The Morgan fingerprint density at radius 1 is 1.20 bits per heavy atom. The minimum atomic E-state index is -0.582. The average molecular weight is 355 g/mol. The van der Waals surface area contributed by atoms with E-state index in [1.54, 1.807) is 24.3 Å². The maximum atomic E-state index is 12.0. The second-order valence-electron chi connectivity index (χ2n) is 4.95. The van der Waals surface area contributed by atoms with Crippen molar-refractivity contribution in [3.05, 3.63) is 81.7 Å². The first-order chi connectivity index (χ1) is 12.1. The first-order valence-electron chi connectivity index (χ1n) is 7.28. The quantitative estimate of drug-likeness (QED) is 0.431. The number of carbonyl (C=O) groups excluding carboxylic acids is 2. The molecule has 0 saturated heterocycles. The number of carbonyl (C=O) groups is 2. The molecule has 0 saturated carbocycles. The maximum Gasteiger partial charge on any atom is 0.339 e. The Hall–Kier alpha value is -3.26. The molecule has 0 atom stereocenters. The summed E-state index contributed by atoms with van der Waals surface area (Å²) >= 11 is 1.34. The average Bonchev–Trinajstić information content (AvgIpc) is 3.16. The molecule has 0 radical (unpaired) electrons. The number of anilines is 1. The lowest BCUT2D eigenvalue weighted by atomic mass is 10.2. The predicted molar refractivity (Wildman–Crippen MR) is 91.0 cm³/mol. The topological polar surface area (TPSA) is 95.2 Å². The Balaban J connectivity index is 1.59. The Morgan fingerprint density at radius 2 is 2.00 bits per heavy atom. The van der Waals surface area contributed by atoms with Crippen molar-refractivity contribution in [2.45, 2.75) is 6.61 Å². The number of ether oxygens (including phenoxy) is 1. The number of rotatable bonds is 5. The Morgan fingerprint density at radius 3 is 2.68 bits per heavy atom. The molecule has 0 aliphatic rings. The first-order valence-corrected chi connectivity index (χ1v) is 8.16. The lowest BCUT2D eigenvalue weighted by Crippen LogP contribution is -2.33. The van der Waals surface area contributed by atoms with Crippen molar-refractivity contribution in [2.75, 3.05) is 5.32 Å². The molecule has 126 valence electrons. The summed E-state index contributed by atoms with van der Waals surface area (Å²) in [5.41, 5.74) is 0.875. The highest BCUT2D eigenvalue weighted by atomic mass is 32.1. The lowest BCUT2D eigenvalue weighted by molar-refractivity contribution is -0.620. The van der Waals surface area contributed by atoms with Crippen LogP contribution in [0.3, 0.4) is 0 Å². The van der Waals surface area contributed by atoms with Crippen molar-refractivity contribution < 1.29 is 19.1 Å². The Kier molecular flexibility index (Phi) is 5.00. The van der Waals surface area contributed by atoms with Crippen LogP contribution in [0.25, 0.3) is 0 Å². The number of aromatic nitrogens is 2. The standard InChI is InChI=1S/C17H13N3O4S/c21-16(14-3-1-10-25-14)19-13-6-4-12(5-7-13)17(22)24-11-15-18-8-2-9-20(15)23/h1-10H,11H2,(H,19,21). The molecule has 2 aromatic heterocycles. The molecule has 0 unspecified atom stereocenters. The van der Waals surface area contributed by atoms with Crippen LogP contribution in [0.4, 0.5) is 5.69 Å². The van der Waals surface area contributed by atoms with Crippen LogP contribution in [0.1, 0.15) is 25.9 Å². The highest BCUT2D eigenvalue weighted by Gasteiger charge is 2.13. The normalized spacial score (nSPS) is 10.2. The second-order valence-corrected chi connectivity index (χ2v) is 5.89. The van der Waals surface area contributed by atoms with Crippen molar-refractivity contribution >= 4 is 28.9 Å². The third-order valence-corrected chi connectivity index (χ3v) is 4.11. The Labute approximate surface area is 147 Å². The van der Waals surface area contributed by atoms with Gasteiger partial charge in [-0.25, -0.2) is 9.52 Å². The first kappa shape index (κ1) is 16.6. The third kappa shape index (κ3) is 4.18. The summed E-state index contributed by atoms with van der Waals surface area (Å²) in [4.78, 5) is 28.4. The van der Waals surface area contributed by atoms with Gasteiger partial charge in [-0.2, -0.15) is 0 Å². The van der Waals surface area contributed by atoms with Crippen LogP contribution in [0.2, 0.25) is 0 Å². The number of nitrogens with one attached hydrogen (secondary N) is 1. The van der Waals surface area contributed by atoms with Gasteiger partial charge in [-0.05, 0) is 40.7 Å². The largest absolute Gasteiger partial charge is 0.711 e. The summed E-state index contributed by atoms with van der Waals surface area (Å²) in [5, 5.41) is 16.0. The van der Waals surface area contributed by atoms with Crippen molar-refractivity contribution in [3.8, 4) is 0 Å². The molecule has 25 heavy (non-hydrogen) atoms. The highest BCUT2D eigenvalue weighted by Crippen LogP contribution is 2.15. The molecule has 2 heterocycles. The van der Waals surface area contributed by atoms with Crippen LogP contribution in [0.5, 0.6) is 0 Å². The van der Waals surface area contributed by atoms with Gasteiger partial charge >= 0.3 is 11.8 Å². The van der Waals surface area contributed by atoms with E-state index in [9.17, 15) is 14.8 Å². The molecule has 1 amide bonds. The van der Waals surface area contributed by atoms with Gasteiger partial charge in [-0.1, -0.05) is 6.07 Å². The maximum absolute atomic E-state index is 12.0. The van der Waals surface area contributed by atoms with E-state index in [2.05, 4.69) is 10.3 Å². The summed E-state index contributed by atoms with van der Waals surface area (Å²) in [7, 11) is 0. The number of amides is 1. The molecule has 0 spiro atoms. The van der Waals surface area contributed by atoms with Gasteiger partial charge < -0.3 is 15.3 Å². The van der Waals surface area contributed by atoms with E-state index in [0.717, 1.165) is 0 Å². The molecule has 0 aliphatic carbocycles. The SMILES string of the molecule is O=C(OCc1nccc[n+]1[O-])c1ccc(NC(=O)c2cccs2)cc1. The summed E-state index contributed by atoms with van der Waals surface area (Å²) in [6.07, 6.45) is 2.73. The van der Waals surface area contributed by atoms with Crippen molar-refractivity contribution in [1.82, 2.24) is 4.98 Å². The van der Waals surface area contributed by atoms with E-state index in [0.29, 0.717) is 20.9 Å². The van der Waals surface area contributed by atoms with Crippen LogP contribution >= 0.6 is 11.3 Å². The van der Waals surface area contributed by atoms with Gasteiger partial charge in [0.25, 0.3) is 5.91 Å². The zero-order chi connectivity index (χ0) is 17.6. The van der Waals surface area contributed by atoms with E-state index >= 15 is 0 Å². The van der Waals surface area contributed by atoms with Gasteiger partial charge in [0.1, 0.15) is 6.20 Å². The molecule has 1 N–H and O–H groups in total. The fourth-order valence-corrected chi connectivity index (χ4v) is 2.61. The van der Waals surface area contributed by atoms with Gasteiger partial charge in [0, 0.05) is 11.8 Å². The summed E-state index contributed by atoms with van der Waals surface area (Å²) in [5.74, 6) is -0.696. The van der Waals surface area contributed by atoms with Crippen LogP contribution in [0.15, 0.2) is 60.2 Å². The highest BCUT2D eigenvalue weighted by molar-refractivity contribution is 7.12. The summed E-state index contributed by atoms with van der Waals surface area (Å²) in [6, 6.07) is 11.3. The van der Waals surface area contributed by atoms with Crippen molar-refractivity contribution in [3.63, 3.8) is 0 Å². The van der Waals surface area contributed by atoms with Gasteiger partial charge in [-0.15, -0.1) is 11.3 Å². The molecule has 1 aromatic carbocycles. The number of thiophene rings is 1. The van der Waals surface area contributed by atoms with Crippen LogP contribution in [-0.4, -0.2) is 16.9 Å². The zero-order valence-electron chi connectivity index (χ0n) is 12.9. The fraction of sp³-hybridized carbons (Fsp3) is 0.0588. The van der Waals surface area contributed by atoms with Crippen molar-refractivity contribution in [1.29, 1.82) is 0 Å².